The van der Waals surface area contributed by atoms with Crippen LogP contribution in [0.3, 0.4) is 0 Å². The molecule has 6 nitrogen and oxygen atoms in total. The van der Waals surface area contributed by atoms with E-state index < -0.39 is 11.1 Å². The first-order valence-electron chi connectivity index (χ1n) is 10.3. The van der Waals surface area contributed by atoms with Crippen molar-refractivity contribution in [2.45, 2.75) is 52.2 Å². The molecule has 0 spiro atoms. The van der Waals surface area contributed by atoms with Crippen molar-refractivity contribution in [1.29, 1.82) is 0 Å². The lowest BCUT2D eigenvalue weighted by molar-refractivity contribution is -0.00617. The molecule has 3 aliphatic rings. The Morgan fingerprint density at radius 3 is 2.63 bits per heavy atom. The molecule has 4 rings (SSSR count). The zero-order chi connectivity index (χ0) is 21.8. The molecule has 1 unspecified atom stereocenters. The Hall–Kier alpha value is -2.34. The van der Waals surface area contributed by atoms with Crippen LogP contribution in [-0.4, -0.2) is 46.7 Å². The van der Waals surface area contributed by atoms with Gasteiger partial charge in [0, 0.05) is 53.6 Å². The molecule has 0 N–H and O–H groups in total. The van der Waals surface area contributed by atoms with Crippen molar-refractivity contribution >= 4 is 29.8 Å². The largest absolute Gasteiger partial charge is 0.444 e. The van der Waals surface area contributed by atoms with E-state index in [-0.39, 0.29) is 17.9 Å². The van der Waals surface area contributed by atoms with Gasteiger partial charge in [-0.3, -0.25) is 9.79 Å². The SMILES string of the molecule is CC(C)(C)OC(=O)N1CC(C2C=NC=C(N3C(=O)c4ccc(Cl)cc4C3(C)C)C2)C1. The highest BCUT2D eigenvalue weighted by Gasteiger charge is 2.46. The van der Waals surface area contributed by atoms with E-state index in [1.54, 1.807) is 23.2 Å². The van der Waals surface area contributed by atoms with E-state index in [0.717, 1.165) is 11.3 Å². The zero-order valence-corrected chi connectivity index (χ0v) is 18.9. The highest BCUT2D eigenvalue weighted by Crippen LogP contribution is 2.44. The number of likely N-dealkylation sites (tertiary alicyclic amines) is 1. The van der Waals surface area contributed by atoms with Gasteiger partial charge in [0.1, 0.15) is 5.60 Å². The number of halogens is 1. The minimum Gasteiger partial charge on any atom is -0.444 e. The van der Waals surface area contributed by atoms with Crippen molar-refractivity contribution in [3.63, 3.8) is 0 Å². The van der Waals surface area contributed by atoms with Crippen molar-refractivity contribution in [3.8, 4) is 0 Å². The summed E-state index contributed by atoms with van der Waals surface area (Å²) in [5.74, 6) is 0.472. The summed E-state index contributed by atoms with van der Waals surface area (Å²) in [6, 6.07) is 5.44. The summed E-state index contributed by atoms with van der Waals surface area (Å²) in [5.41, 5.74) is 1.54. The zero-order valence-electron chi connectivity index (χ0n) is 18.1. The minimum absolute atomic E-state index is 0.0160. The molecule has 0 saturated carbocycles. The average molecular weight is 430 g/mol. The van der Waals surface area contributed by atoms with Crippen LogP contribution in [0.25, 0.3) is 0 Å². The predicted octanol–water partition coefficient (Wildman–Crippen LogP) is 4.83. The number of nitrogens with zero attached hydrogens (tertiary/aromatic N) is 3. The van der Waals surface area contributed by atoms with Crippen LogP contribution in [0.4, 0.5) is 4.79 Å². The molecule has 3 aliphatic heterocycles. The molecule has 7 heteroatoms. The normalized spacial score (nSPS) is 23.2. The van der Waals surface area contributed by atoms with Crippen LogP contribution in [0.5, 0.6) is 0 Å². The van der Waals surface area contributed by atoms with Crippen LogP contribution >= 0.6 is 11.6 Å². The lowest BCUT2D eigenvalue weighted by Gasteiger charge is -2.44. The molecule has 2 amide bonds. The number of hydrogen-bond acceptors (Lipinski definition) is 4. The molecule has 1 aromatic rings. The molecule has 0 aliphatic carbocycles. The summed E-state index contributed by atoms with van der Waals surface area (Å²) in [7, 11) is 0. The molecule has 1 atom stereocenters. The second kappa shape index (κ2) is 7.12. The van der Waals surface area contributed by atoms with Gasteiger partial charge in [0.2, 0.25) is 0 Å². The van der Waals surface area contributed by atoms with Crippen LogP contribution in [0.1, 0.15) is 57.0 Å². The second-order valence-electron chi connectivity index (χ2n) is 9.82. The fourth-order valence-electron chi connectivity index (χ4n) is 4.48. The fraction of sp³-hybridized carbons (Fsp3) is 0.522. The van der Waals surface area contributed by atoms with Crippen LogP contribution in [0, 0.1) is 11.8 Å². The van der Waals surface area contributed by atoms with Gasteiger partial charge in [0.05, 0.1) is 5.54 Å². The number of benzene rings is 1. The van der Waals surface area contributed by atoms with E-state index in [1.165, 1.54) is 0 Å². The summed E-state index contributed by atoms with van der Waals surface area (Å²) in [6.07, 6.45) is 4.17. The third-order valence-electron chi connectivity index (χ3n) is 6.03. The number of carbonyl (C=O) groups is 2. The maximum atomic E-state index is 13.2. The van der Waals surface area contributed by atoms with Gasteiger partial charge in [-0.25, -0.2) is 4.79 Å². The maximum Gasteiger partial charge on any atom is 0.410 e. The first kappa shape index (κ1) is 20.9. The van der Waals surface area contributed by atoms with E-state index >= 15 is 0 Å². The molecule has 1 aromatic carbocycles. The molecule has 1 saturated heterocycles. The first-order chi connectivity index (χ1) is 14.0. The smallest absolute Gasteiger partial charge is 0.410 e. The van der Waals surface area contributed by atoms with Crippen molar-refractivity contribution in [3.05, 3.63) is 46.2 Å². The Morgan fingerprint density at radius 2 is 1.97 bits per heavy atom. The number of carbonyl (C=O) groups excluding carboxylic acids is 2. The predicted molar refractivity (Wildman–Crippen MR) is 117 cm³/mol. The van der Waals surface area contributed by atoms with Gasteiger partial charge < -0.3 is 14.5 Å². The number of ether oxygens (including phenoxy) is 1. The quantitative estimate of drug-likeness (QED) is 0.676. The van der Waals surface area contributed by atoms with E-state index in [2.05, 4.69) is 4.99 Å². The van der Waals surface area contributed by atoms with Crippen LogP contribution in [-0.2, 0) is 10.3 Å². The highest BCUT2D eigenvalue weighted by atomic mass is 35.5. The monoisotopic (exact) mass is 429 g/mol. The van der Waals surface area contributed by atoms with Gasteiger partial charge >= 0.3 is 6.09 Å². The number of rotatable bonds is 2. The van der Waals surface area contributed by atoms with Crippen LogP contribution < -0.4 is 0 Å². The van der Waals surface area contributed by atoms with Crippen LogP contribution in [0.2, 0.25) is 5.02 Å². The summed E-state index contributed by atoms with van der Waals surface area (Å²) < 4.78 is 5.44. The van der Waals surface area contributed by atoms with Gasteiger partial charge in [-0.2, -0.15) is 0 Å². The summed E-state index contributed by atoms with van der Waals surface area (Å²) >= 11 is 6.19. The molecule has 0 radical (unpaired) electrons. The second-order valence-corrected chi connectivity index (χ2v) is 10.3. The number of aliphatic imine (C=N–C) groups is 1. The average Bonchev–Trinajstić information content (AvgIpc) is 2.78. The standard InChI is InChI=1S/C23H28ClN3O3/c1-22(2,3)30-21(29)26-12-15(13-26)14-8-17(11-25-10-14)27-20(28)18-7-6-16(24)9-19(18)23(27,4)5/h6-7,9-11,14-15H,8,12-13H2,1-5H3. The first-order valence-corrected chi connectivity index (χ1v) is 10.7. The van der Waals surface area contributed by atoms with Crippen molar-refractivity contribution in [1.82, 2.24) is 9.80 Å². The van der Waals surface area contributed by atoms with E-state index in [0.29, 0.717) is 36.0 Å². The molecule has 160 valence electrons. The Bertz CT molecular complexity index is 955. The Labute approximate surface area is 182 Å². The van der Waals surface area contributed by atoms with Crippen LogP contribution in [0.15, 0.2) is 35.1 Å². The third kappa shape index (κ3) is 3.62. The Kier molecular flexibility index (Phi) is 4.96. The van der Waals surface area contributed by atoms with Gasteiger partial charge in [0.15, 0.2) is 0 Å². The number of hydrogen-bond donors (Lipinski definition) is 0. The van der Waals surface area contributed by atoms with Crippen molar-refractivity contribution in [2.75, 3.05) is 13.1 Å². The Balaban J connectivity index is 1.45. The molecule has 0 aromatic heterocycles. The van der Waals surface area contributed by atoms with Gasteiger partial charge in [0.25, 0.3) is 5.91 Å². The fourth-order valence-corrected chi connectivity index (χ4v) is 4.65. The molecule has 0 bridgehead atoms. The van der Waals surface area contributed by atoms with E-state index in [9.17, 15) is 9.59 Å². The number of fused-ring (bicyclic) bond motifs is 1. The number of allylic oxidation sites excluding steroid dienone is 1. The lowest BCUT2D eigenvalue weighted by atomic mass is 9.82. The molecule has 30 heavy (non-hydrogen) atoms. The molecular weight excluding hydrogens is 402 g/mol. The van der Waals surface area contributed by atoms with Gasteiger partial charge in [-0.15, -0.1) is 0 Å². The maximum absolute atomic E-state index is 13.2. The third-order valence-corrected chi connectivity index (χ3v) is 6.27. The topological polar surface area (TPSA) is 62.2 Å². The van der Waals surface area contributed by atoms with Gasteiger partial charge in [-0.05, 0) is 64.8 Å². The van der Waals surface area contributed by atoms with E-state index in [4.69, 9.17) is 16.3 Å². The van der Waals surface area contributed by atoms with Gasteiger partial charge in [-0.1, -0.05) is 11.6 Å². The number of amides is 2. The Morgan fingerprint density at radius 1 is 1.27 bits per heavy atom. The lowest BCUT2D eigenvalue weighted by Crippen LogP contribution is -2.54. The molecule has 1 fully saturated rings. The van der Waals surface area contributed by atoms with E-state index in [1.807, 2.05) is 51.8 Å². The minimum atomic E-state index is -0.497. The highest BCUT2D eigenvalue weighted by molar-refractivity contribution is 6.30. The summed E-state index contributed by atoms with van der Waals surface area (Å²) in [4.78, 5) is 33.4. The summed E-state index contributed by atoms with van der Waals surface area (Å²) in [5, 5.41) is 0.627. The molecule has 3 heterocycles. The molecular formula is C23H28ClN3O3. The van der Waals surface area contributed by atoms with Crippen molar-refractivity contribution < 1.29 is 14.3 Å². The summed E-state index contributed by atoms with van der Waals surface area (Å²) in [6.45, 7) is 11.0. The van der Waals surface area contributed by atoms with Crippen molar-refractivity contribution in [2.24, 2.45) is 16.8 Å².